The van der Waals surface area contributed by atoms with Crippen molar-refractivity contribution >= 4 is 35.0 Å². The van der Waals surface area contributed by atoms with Crippen molar-refractivity contribution in [3.8, 4) is 17.3 Å². The van der Waals surface area contributed by atoms with Gasteiger partial charge in [-0.15, -0.1) is 10.2 Å². The van der Waals surface area contributed by atoms with Crippen molar-refractivity contribution in [2.24, 2.45) is 0 Å². The second-order valence-electron chi connectivity index (χ2n) is 6.25. The number of nitrogens with one attached hydrogen (secondary N) is 1. The number of thioether (sulfide) groups is 1. The van der Waals surface area contributed by atoms with E-state index in [1.807, 2.05) is 54.0 Å². The van der Waals surface area contributed by atoms with Crippen LogP contribution in [0.25, 0.3) is 17.3 Å². The summed E-state index contributed by atoms with van der Waals surface area (Å²) in [5.41, 5.74) is 2.53. The summed E-state index contributed by atoms with van der Waals surface area (Å²) in [5, 5.41) is 12.6. The zero-order valence-corrected chi connectivity index (χ0v) is 17.1. The molecule has 6 nitrogen and oxygen atoms in total. The van der Waals surface area contributed by atoms with Crippen LogP contribution in [0.5, 0.6) is 0 Å². The van der Waals surface area contributed by atoms with Crippen molar-refractivity contribution < 1.29 is 9.21 Å². The van der Waals surface area contributed by atoms with E-state index in [1.54, 1.807) is 24.5 Å². The molecule has 0 atom stereocenters. The van der Waals surface area contributed by atoms with Crippen LogP contribution in [0.15, 0.2) is 76.5 Å². The third-order valence-corrected chi connectivity index (χ3v) is 5.36. The highest BCUT2D eigenvalue weighted by atomic mass is 35.5. The van der Waals surface area contributed by atoms with Crippen LogP contribution in [0.3, 0.4) is 0 Å². The van der Waals surface area contributed by atoms with E-state index >= 15 is 0 Å². The van der Waals surface area contributed by atoms with E-state index in [4.69, 9.17) is 16.0 Å². The Morgan fingerprint density at radius 2 is 1.97 bits per heavy atom. The Hall–Kier alpha value is -3.03. The number of rotatable bonds is 6. The summed E-state index contributed by atoms with van der Waals surface area (Å²) in [6.45, 7) is 1.92. The molecule has 8 heteroatoms. The average molecular weight is 425 g/mol. The number of benzene rings is 2. The molecular formula is C21H17ClN4O2S. The summed E-state index contributed by atoms with van der Waals surface area (Å²) in [6.07, 6.45) is 1.59. The van der Waals surface area contributed by atoms with Crippen LogP contribution in [0.2, 0.25) is 5.02 Å². The van der Waals surface area contributed by atoms with Gasteiger partial charge in [-0.1, -0.05) is 47.6 Å². The van der Waals surface area contributed by atoms with E-state index < -0.39 is 0 Å². The van der Waals surface area contributed by atoms with Gasteiger partial charge < -0.3 is 9.73 Å². The van der Waals surface area contributed by atoms with Crippen molar-refractivity contribution in [2.75, 3.05) is 11.1 Å². The summed E-state index contributed by atoms with van der Waals surface area (Å²) in [6, 6.07) is 18.7. The quantitative estimate of drug-likeness (QED) is 0.429. The Morgan fingerprint density at radius 3 is 2.72 bits per heavy atom. The number of carbonyl (C=O) groups is 1. The van der Waals surface area contributed by atoms with Crippen molar-refractivity contribution in [1.82, 2.24) is 14.8 Å². The third kappa shape index (κ3) is 4.36. The molecule has 0 aliphatic carbocycles. The molecule has 0 aliphatic heterocycles. The lowest BCUT2D eigenvalue weighted by Gasteiger charge is -2.10. The maximum Gasteiger partial charge on any atom is 0.234 e. The second-order valence-corrected chi connectivity index (χ2v) is 7.63. The normalized spacial score (nSPS) is 10.8. The summed E-state index contributed by atoms with van der Waals surface area (Å²) < 4.78 is 7.38. The molecule has 0 spiro atoms. The molecular weight excluding hydrogens is 408 g/mol. The van der Waals surface area contributed by atoms with Gasteiger partial charge in [0.1, 0.15) is 0 Å². The monoisotopic (exact) mass is 424 g/mol. The van der Waals surface area contributed by atoms with Crippen LogP contribution in [-0.4, -0.2) is 26.4 Å². The van der Waals surface area contributed by atoms with Crippen LogP contribution in [-0.2, 0) is 4.79 Å². The fraction of sp³-hybridized carbons (Fsp3) is 0.0952. The number of anilines is 1. The fourth-order valence-electron chi connectivity index (χ4n) is 2.78. The predicted molar refractivity (Wildman–Crippen MR) is 115 cm³/mol. The fourth-order valence-corrected chi connectivity index (χ4v) is 3.71. The number of aryl methyl sites for hydroxylation is 1. The summed E-state index contributed by atoms with van der Waals surface area (Å²) in [4.78, 5) is 12.5. The molecule has 4 rings (SSSR count). The zero-order chi connectivity index (χ0) is 20.2. The summed E-state index contributed by atoms with van der Waals surface area (Å²) in [5.74, 6) is 1.21. The van der Waals surface area contributed by atoms with Crippen LogP contribution in [0.1, 0.15) is 5.56 Å². The van der Waals surface area contributed by atoms with Crippen LogP contribution in [0, 0.1) is 6.92 Å². The lowest BCUT2D eigenvalue weighted by atomic mass is 10.2. The highest BCUT2D eigenvalue weighted by Gasteiger charge is 2.19. The van der Waals surface area contributed by atoms with Crippen molar-refractivity contribution in [1.29, 1.82) is 0 Å². The first-order chi connectivity index (χ1) is 14.1. The molecule has 0 fully saturated rings. The van der Waals surface area contributed by atoms with Gasteiger partial charge in [0.15, 0.2) is 10.9 Å². The number of halogens is 1. The molecule has 4 aromatic rings. The Bertz CT molecular complexity index is 1130. The van der Waals surface area contributed by atoms with Gasteiger partial charge in [-0.25, -0.2) is 0 Å². The van der Waals surface area contributed by atoms with E-state index in [-0.39, 0.29) is 11.7 Å². The van der Waals surface area contributed by atoms with E-state index in [2.05, 4.69) is 15.5 Å². The Balaban J connectivity index is 1.56. The van der Waals surface area contributed by atoms with Gasteiger partial charge in [0.25, 0.3) is 0 Å². The first-order valence-corrected chi connectivity index (χ1v) is 10.2. The number of para-hydroxylation sites is 1. The molecule has 29 heavy (non-hydrogen) atoms. The van der Waals surface area contributed by atoms with E-state index in [9.17, 15) is 4.79 Å². The number of nitrogens with zero attached hydrogens (tertiary/aromatic N) is 3. The molecule has 1 amide bonds. The molecule has 0 saturated heterocycles. The topological polar surface area (TPSA) is 73.0 Å². The Morgan fingerprint density at radius 1 is 1.14 bits per heavy atom. The van der Waals surface area contributed by atoms with Crippen molar-refractivity contribution in [2.45, 2.75) is 12.1 Å². The molecule has 2 aromatic carbocycles. The molecule has 2 heterocycles. The lowest BCUT2D eigenvalue weighted by Crippen LogP contribution is -2.15. The molecule has 1 N–H and O–H groups in total. The highest BCUT2D eigenvalue weighted by molar-refractivity contribution is 7.99. The summed E-state index contributed by atoms with van der Waals surface area (Å²) >= 11 is 7.33. The number of carbonyl (C=O) groups excluding carboxylic acids is 1. The van der Waals surface area contributed by atoms with E-state index in [1.165, 1.54) is 11.8 Å². The van der Waals surface area contributed by atoms with Gasteiger partial charge in [0, 0.05) is 16.4 Å². The third-order valence-electron chi connectivity index (χ3n) is 4.20. The van der Waals surface area contributed by atoms with Crippen molar-refractivity contribution in [3.05, 3.63) is 77.5 Å². The number of furan rings is 1. The number of aromatic nitrogens is 3. The van der Waals surface area contributed by atoms with Gasteiger partial charge >= 0.3 is 0 Å². The van der Waals surface area contributed by atoms with Gasteiger partial charge in [-0.05, 0) is 48.9 Å². The molecule has 0 saturated carbocycles. The minimum atomic E-state index is -0.150. The maximum atomic E-state index is 12.5. The van der Waals surface area contributed by atoms with Gasteiger partial charge in [0.05, 0.1) is 12.0 Å². The summed E-state index contributed by atoms with van der Waals surface area (Å²) in [7, 11) is 0. The molecule has 0 aliphatic rings. The molecule has 0 unspecified atom stereocenters. The zero-order valence-electron chi connectivity index (χ0n) is 15.5. The lowest BCUT2D eigenvalue weighted by molar-refractivity contribution is -0.113. The molecule has 0 radical (unpaired) electrons. The molecule has 146 valence electrons. The van der Waals surface area contributed by atoms with E-state index in [0.29, 0.717) is 27.5 Å². The first kappa shape index (κ1) is 19.3. The maximum absolute atomic E-state index is 12.5. The van der Waals surface area contributed by atoms with E-state index in [0.717, 1.165) is 11.3 Å². The minimum absolute atomic E-state index is 0.150. The molecule has 2 aromatic heterocycles. The smallest absolute Gasteiger partial charge is 0.234 e. The molecule has 0 bridgehead atoms. The van der Waals surface area contributed by atoms with Crippen LogP contribution in [0.4, 0.5) is 5.69 Å². The van der Waals surface area contributed by atoms with Gasteiger partial charge in [-0.2, -0.15) is 0 Å². The average Bonchev–Trinajstić information content (AvgIpc) is 3.39. The SMILES string of the molecule is Cc1ccc(Cl)cc1NC(=O)CSc1nnc(-c2ccco2)n1-c1ccccc1. The van der Waals surface area contributed by atoms with Gasteiger partial charge in [-0.3, -0.25) is 9.36 Å². The number of hydrogen-bond donors (Lipinski definition) is 1. The second kappa shape index (κ2) is 8.55. The Labute approximate surface area is 176 Å². The van der Waals surface area contributed by atoms with Crippen LogP contribution < -0.4 is 5.32 Å². The first-order valence-electron chi connectivity index (χ1n) is 8.85. The Kier molecular flexibility index (Phi) is 5.69. The highest BCUT2D eigenvalue weighted by Crippen LogP contribution is 2.28. The number of hydrogen-bond acceptors (Lipinski definition) is 5. The van der Waals surface area contributed by atoms with Gasteiger partial charge in [0.2, 0.25) is 11.7 Å². The number of amides is 1. The van der Waals surface area contributed by atoms with Crippen LogP contribution >= 0.6 is 23.4 Å². The standard InChI is InChI=1S/C21H17ClN4O2S/c1-14-9-10-15(22)12-17(14)23-19(27)13-29-21-25-24-20(18-8-5-11-28-18)26(21)16-6-3-2-4-7-16/h2-12H,13H2,1H3,(H,23,27). The predicted octanol–water partition coefficient (Wildman–Crippen LogP) is 5.22. The van der Waals surface area contributed by atoms with Crippen molar-refractivity contribution in [3.63, 3.8) is 0 Å². The minimum Gasteiger partial charge on any atom is -0.461 e. The largest absolute Gasteiger partial charge is 0.461 e.